The monoisotopic (exact) mass is 211 g/mol. The molecule has 1 aromatic heterocycles. The zero-order valence-corrected chi connectivity index (χ0v) is 8.71. The van der Waals surface area contributed by atoms with E-state index in [-0.39, 0.29) is 11.9 Å². The third kappa shape index (κ3) is 3.44. The first-order chi connectivity index (χ1) is 6.72. The zero-order valence-electron chi connectivity index (χ0n) is 7.90. The summed E-state index contributed by atoms with van der Waals surface area (Å²) in [4.78, 5) is 8.94. The SMILES string of the molecule is CN=C(N)NC(N)=NCc1cccs1. The number of aliphatic imine (C=N–C) groups is 2. The predicted molar refractivity (Wildman–Crippen MR) is 60.3 cm³/mol. The summed E-state index contributed by atoms with van der Waals surface area (Å²) in [7, 11) is 1.58. The average Bonchev–Trinajstić information content (AvgIpc) is 2.67. The van der Waals surface area contributed by atoms with Crippen LogP contribution in [0.5, 0.6) is 0 Å². The molecule has 0 bridgehead atoms. The van der Waals surface area contributed by atoms with Gasteiger partial charge < -0.3 is 11.5 Å². The Morgan fingerprint density at radius 3 is 2.86 bits per heavy atom. The van der Waals surface area contributed by atoms with Crippen LogP contribution < -0.4 is 16.8 Å². The van der Waals surface area contributed by atoms with E-state index in [1.54, 1.807) is 18.4 Å². The van der Waals surface area contributed by atoms with Gasteiger partial charge >= 0.3 is 0 Å². The topological polar surface area (TPSA) is 88.8 Å². The molecule has 0 unspecified atom stereocenters. The van der Waals surface area contributed by atoms with Crippen LogP contribution in [0.2, 0.25) is 0 Å². The number of thiophene rings is 1. The Hall–Kier alpha value is -1.56. The van der Waals surface area contributed by atoms with E-state index < -0.39 is 0 Å². The second kappa shape index (κ2) is 5.23. The summed E-state index contributed by atoms with van der Waals surface area (Å²) in [6.07, 6.45) is 0. The summed E-state index contributed by atoms with van der Waals surface area (Å²) in [5.74, 6) is 0.541. The second-order valence-corrected chi connectivity index (χ2v) is 3.55. The fourth-order valence-corrected chi connectivity index (χ4v) is 1.42. The maximum Gasteiger partial charge on any atom is 0.195 e. The maximum atomic E-state index is 5.55. The highest BCUT2D eigenvalue weighted by molar-refractivity contribution is 7.09. The van der Waals surface area contributed by atoms with Gasteiger partial charge in [0.05, 0.1) is 6.54 Å². The van der Waals surface area contributed by atoms with Crippen molar-refractivity contribution in [1.29, 1.82) is 0 Å². The van der Waals surface area contributed by atoms with Crippen molar-refractivity contribution in [2.75, 3.05) is 7.05 Å². The van der Waals surface area contributed by atoms with Crippen molar-refractivity contribution in [3.05, 3.63) is 22.4 Å². The molecule has 14 heavy (non-hydrogen) atoms. The van der Waals surface area contributed by atoms with Gasteiger partial charge in [-0.15, -0.1) is 11.3 Å². The van der Waals surface area contributed by atoms with Gasteiger partial charge in [-0.1, -0.05) is 6.07 Å². The lowest BCUT2D eigenvalue weighted by Crippen LogP contribution is -2.41. The Bertz CT molecular complexity index is 328. The zero-order chi connectivity index (χ0) is 10.4. The predicted octanol–water partition coefficient (Wildman–Crippen LogP) is 0.0969. The first-order valence-corrected chi connectivity index (χ1v) is 4.92. The molecule has 0 aliphatic heterocycles. The quantitative estimate of drug-likeness (QED) is 0.478. The normalized spacial score (nSPS) is 12.9. The minimum atomic E-state index is 0.262. The third-order valence-electron chi connectivity index (χ3n) is 1.48. The Kier molecular flexibility index (Phi) is 3.93. The van der Waals surface area contributed by atoms with E-state index in [0.717, 1.165) is 4.88 Å². The van der Waals surface area contributed by atoms with Crippen molar-refractivity contribution in [1.82, 2.24) is 5.32 Å². The molecule has 0 saturated carbocycles. The molecule has 0 aliphatic carbocycles. The van der Waals surface area contributed by atoms with Crippen LogP contribution in [0.15, 0.2) is 27.5 Å². The van der Waals surface area contributed by atoms with Crippen molar-refractivity contribution in [3.63, 3.8) is 0 Å². The molecule has 1 heterocycles. The number of guanidine groups is 2. The molecule has 0 atom stereocenters. The number of hydrogen-bond acceptors (Lipinski definition) is 3. The largest absolute Gasteiger partial charge is 0.370 e. The van der Waals surface area contributed by atoms with Crippen molar-refractivity contribution in [2.24, 2.45) is 21.5 Å². The van der Waals surface area contributed by atoms with E-state index in [1.165, 1.54) is 0 Å². The Morgan fingerprint density at radius 2 is 2.29 bits per heavy atom. The van der Waals surface area contributed by atoms with Gasteiger partial charge in [0, 0.05) is 11.9 Å². The second-order valence-electron chi connectivity index (χ2n) is 2.51. The van der Waals surface area contributed by atoms with Gasteiger partial charge in [-0.05, 0) is 11.4 Å². The van der Waals surface area contributed by atoms with Crippen molar-refractivity contribution < 1.29 is 0 Å². The average molecular weight is 211 g/mol. The van der Waals surface area contributed by atoms with Crippen LogP contribution in [-0.2, 0) is 6.54 Å². The molecule has 0 radical (unpaired) electrons. The molecular weight excluding hydrogens is 198 g/mol. The van der Waals surface area contributed by atoms with Crippen molar-refractivity contribution in [3.8, 4) is 0 Å². The highest BCUT2D eigenvalue weighted by Crippen LogP contribution is 2.08. The van der Waals surface area contributed by atoms with Crippen LogP contribution in [-0.4, -0.2) is 19.0 Å². The van der Waals surface area contributed by atoms with Crippen LogP contribution in [0.25, 0.3) is 0 Å². The lowest BCUT2D eigenvalue weighted by Gasteiger charge is -2.02. The lowest BCUT2D eigenvalue weighted by molar-refractivity contribution is 1.06. The molecule has 0 amide bonds. The Balaban J connectivity index is 2.45. The van der Waals surface area contributed by atoms with Crippen LogP contribution in [0.3, 0.4) is 0 Å². The molecule has 0 fully saturated rings. The number of hydrogen-bond donors (Lipinski definition) is 3. The minimum absolute atomic E-state index is 0.262. The molecule has 0 aliphatic rings. The summed E-state index contributed by atoms with van der Waals surface area (Å²) in [6, 6.07) is 3.97. The van der Waals surface area contributed by atoms with Gasteiger partial charge in [0.2, 0.25) is 0 Å². The number of rotatable bonds is 2. The van der Waals surface area contributed by atoms with E-state index in [1.807, 2.05) is 17.5 Å². The fourth-order valence-electron chi connectivity index (χ4n) is 0.792. The van der Waals surface area contributed by atoms with E-state index in [0.29, 0.717) is 6.54 Å². The van der Waals surface area contributed by atoms with E-state index in [9.17, 15) is 0 Å². The highest BCUT2D eigenvalue weighted by atomic mass is 32.1. The number of nitrogens with one attached hydrogen (secondary N) is 1. The van der Waals surface area contributed by atoms with Gasteiger partial charge in [0.1, 0.15) is 0 Å². The molecule has 6 heteroatoms. The lowest BCUT2D eigenvalue weighted by atomic mass is 10.5. The van der Waals surface area contributed by atoms with Gasteiger partial charge in [-0.2, -0.15) is 0 Å². The van der Waals surface area contributed by atoms with Crippen LogP contribution in [0.4, 0.5) is 0 Å². The molecule has 1 rings (SSSR count). The fraction of sp³-hybridized carbons (Fsp3) is 0.250. The van der Waals surface area contributed by atoms with E-state index in [4.69, 9.17) is 11.5 Å². The first kappa shape index (κ1) is 10.5. The van der Waals surface area contributed by atoms with Crippen LogP contribution in [0.1, 0.15) is 4.88 Å². The molecule has 5 N–H and O–H groups in total. The highest BCUT2D eigenvalue weighted by Gasteiger charge is 1.94. The number of nitrogens with zero attached hydrogens (tertiary/aromatic N) is 2. The van der Waals surface area contributed by atoms with Gasteiger partial charge in [-0.3, -0.25) is 10.3 Å². The molecule has 0 saturated heterocycles. The summed E-state index contributed by atoms with van der Waals surface area (Å²) in [6.45, 7) is 0.563. The standard InChI is InChI=1S/C8H13N5S/c1-11-7(9)13-8(10)12-5-6-3-2-4-14-6/h2-4H,5H2,1H3,(H5,9,10,11,12,13). The maximum absolute atomic E-state index is 5.55. The van der Waals surface area contributed by atoms with Crippen LogP contribution >= 0.6 is 11.3 Å². The first-order valence-electron chi connectivity index (χ1n) is 4.04. The molecular formula is C8H13N5S. The van der Waals surface area contributed by atoms with Gasteiger partial charge in [0.15, 0.2) is 11.9 Å². The van der Waals surface area contributed by atoms with E-state index in [2.05, 4.69) is 15.3 Å². The van der Waals surface area contributed by atoms with Crippen molar-refractivity contribution >= 4 is 23.3 Å². The van der Waals surface area contributed by atoms with Gasteiger partial charge in [0.25, 0.3) is 0 Å². The van der Waals surface area contributed by atoms with Crippen molar-refractivity contribution in [2.45, 2.75) is 6.54 Å². The molecule has 1 aromatic rings. The Labute approximate surface area is 86.6 Å². The smallest absolute Gasteiger partial charge is 0.195 e. The summed E-state index contributed by atoms with van der Waals surface area (Å²) in [5, 5.41) is 4.65. The number of nitrogens with two attached hydrogens (primary N) is 2. The van der Waals surface area contributed by atoms with E-state index >= 15 is 0 Å². The summed E-state index contributed by atoms with van der Waals surface area (Å²) < 4.78 is 0. The summed E-state index contributed by atoms with van der Waals surface area (Å²) >= 11 is 1.64. The molecule has 76 valence electrons. The molecule has 0 spiro atoms. The summed E-state index contributed by atoms with van der Waals surface area (Å²) in [5.41, 5.74) is 11.0. The molecule has 5 nitrogen and oxygen atoms in total. The van der Waals surface area contributed by atoms with Crippen LogP contribution in [0, 0.1) is 0 Å². The Morgan fingerprint density at radius 1 is 1.50 bits per heavy atom. The molecule has 0 aromatic carbocycles. The van der Waals surface area contributed by atoms with Gasteiger partial charge in [-0.25, -0.2) is 4.99 Å². The third-order valence-corrected chi connectivity index (χ3v) is 2.34. The minimum Gasteiger partial charge on any atom is -0.370 e.